The lowest BCUT2D eigenvalue weighted by Gasteiger charge is -2.04. The van der Waals surface area contributed by atoms with E-state index in [0.29, 0.717) is 15.1 Å². The van der Waals surface area contributed by atoms with Crippen molar-refractivity contribution in [3.05, 3.63) is 68.5 Å². The van der Waals surface area contributed by atoms with Gasteiger partial charge in [-0.1, -0.05) is 29.3 Å². The van der Waals surface area contributed by atoms with Crippen molar-refractivity contribution in [1.82, 2.24) is 0 Å². The molecule has 25 heavy (non-hydrogen) atoms. The zero-order valence-corrected chi connectivity index (χ0v) is 14.6. The topological polar surface area (TPSA) is 43.4 Å². The molecule has 1 aromatic heterocycles. The van der Waals surface area contributed by atoms with Crippen LogP contribution < -0.4 is 0 Å². The van der Waals surface area contributed by atoms with E-state index in [1.807, 2.05) is 0 Å². The minimum Gasteiger partial charge on any atom is -0.453 e. The highest BCUT2D eigenvalue weighted by Gasteiger charge is 2.20. The number of hydrogen-bond acceptors (Lipinski definition) is 4. The van der Waals surface area contributed by atoms with Crippen LogP contribution in [-0.2, 0) is 4.74 Å². The summed E-state index contributed by atoms with van der Waals surface area (Å²) in [6, 6.07) is 7.68. The summed E-state index contributed by atoms with van der Waals surface area (Å²) in [4.78, 5) is 24.2. The molecule has 0 fully saturated rings. The zero-order valence-electron chi connectivity index (χ0n) is 12.3. The van der Waals surface area contributed by atoms with Gasteiger partial charge in [-0.15, -0.1) is 11.3 Å². The first-order valence-electron chi connectivity index (χ1n) is 6.89. The van der Waals surface area contributed by atoms with Gasteiger partial charge in [0.1, 0.15) is 4.88 Å². The Balaban J connectivity index is 1.75. The Hall–Kier alpha value is -2.02. The molecule has 0 bridgehead atoms. The first-order valence-corrected chi connectivity index (χ1v) is 8.47. The fourth-order valence-electron chi connectivity index (χ4n) is 2.12. The largest absolute Gasteiger partial charge is 0.453 e. The smallest absolute Gasteiger partial charge is 0.350 e. The van der Waals surface area contributed by atoms with Gasteiger partial charge in [0.05, 0.1) is 5.02 Å². The zero-order chi connectivity index (χ0) is 18.1. The van der Waals surface area contributed by atoms with E-state index in [1.165, 1.54) is 0 Å². The molecule has 3 nitrogen and oxygen atoms in total. The monoisotopic (exact) mass is 400 g/mol. The van der Waals surface area contributed by atoms with Crippen LogP contribution in [0.2, 0.25) is 10.0 Å². The quantitative estimate of drug-likeness (QED) is 0.427. The molecule has 0 spiro atoms. The van der Waals surface area contributed by atoms with E-state index in [1.54, 1.807) is 18.2 Å². The molecule has 2 aromatic carbocycles. The van der Waals surface area contributed by atoms with E-state index in [9.17, 15) is 18.4 Å². The molecule has 0 N–H and O–H groups in total. The number of fused-ring (bicyclic) bond motifs is 1. The number of esters is 1. The van der Waals surface area contributed by atoms with Crippen LogP contribution in [-0.4, -0.2) is 18.4 Å². The Labute approximate surface area is 154 Å². The van der Waals surface area contributed by atoms with Gasteiger partial charge in [-0.2, -0.15) is 0 Å². The molecule has 0 atom stereocenters. The van der Waals surface area contributed by atoms with Gasteiger partial charge >= 0.3 is 5.97 Å². The normalized spacial score (nSPS) is 10.9. The molecule has 1 heterocycles. The average molecular weight is 401 g/mol. The maximum atomic E-state index is 13.1. The molecule has 3 aromatic rings. The molecule has 128 valence electrons. The Kier molecular flexibility index (Phi) is 5.03. The number of thiophene rings is 1. The fourth-order valence-corrected chi connectivity index (χ4v) is 3.80. The molecule has 0 unspecified atom stereocenters. The van der Waals surface area contributed by atoms with Gasteiger partial charge in [-0.3, -0.25) is 4.79 Å². The molecule has 0 saturated heterocycles. The molecule has 0 aliphatic carbocycles. The van der Waals surface area contributed by atoms with Crippen molar-refractivity contribution in [2.75, 3.05) is 6.61 Å². The first-order chi connectivity index (χ1) is 11.9. The standard InChI is InChI=1S/C17H8Cl2F2O3S/c18-9-2-3-10-14(6-9)25-16(15(10)19)17(23)24-7-13(22)8-1-4-11(20)12(21)5-8/h1-6H,7H2. The molecule has 0 aliphatic rings. The second-order valence-corrected chi connectivity index (χ2v) is 6.88. The van der Waals surface area contributed by atoms with Crippen LogP contribution >= 0.6 is 34.5 Å². The Morgan fingerprint density at radius 2 is 1.80 bits per heavy atom. The second-order valence-electron chi connectivity index (χ2n) is 5.01. The lowest BCUT2D eigenvalue weighted by Crippen LogP contribution is -2.14. The van der Waals surface area contributed by atoms with Gasteiger partial charge in [0, 0.05) is 20.7 Å². The summed E-state index contributed by atoms with van der Waals surface area (Å²) in [7, 11) is 0. The number of rotatable bonds is 4. The summed E-state index contributed by atoms with van der Waals surface area (Å²) >= 11 is 13.2. The van der Waals surface area contributed by atoms with E-state index in [4.69, 9.17) is 27.9 Å². The number of carbonyl (C=O) groups is 2. The van der Waals surface area contributed by atoms with Gasteiger partial charge in [0.25, 0.3) is 0 Å². The Bertz CT molecular complexity index is 1000. The highest BCUT2D eigenvalue weighted by Crippen LogP contribution is 2.37. The number of hydrogen-bond donors (Lipinski definition) is 0. The predicted octanol–water partition coefficient (Wildman–Crippen LogP) is 5.53. The Morgan fingerprint density at radius 1 is 1.04 bits per heavy atom. The molecule has 3 rings (SSSR count). The maximum Gasteiger partial charge on any atom is 0.350 e. The first kappa shape index (κ1) is 17.8. The molecular weight excluding hydrogens is 393 g/mol. The van der Waals surface area contributed by atoms with Crippen molar-refractivity contribution in [1.29, 1.82) is 0 Å². The third-order valence-corrected chi connectivity index (χ3v) is 5.23. The van der Waals surface area contributed by atoms with E-state index in [0.717, 1.165) is 29.5 Å². The predicted molar refractivity (Wildman–Crippen MR) is 92.8 cm³/mol. The summed E-state index contributed by atoms with van der Waals surface area (Å²) in [5, 5.41) is 1.36. The molecule has 0 radical (unpaired) electrons. The molecule has 0 amide bonds. The Morgan fingerprint density at radius 3 is 2.52 bits per heavy atom. The minimum atomic E-state index is -1.15. The number of carbonyl (C=O) groups excluding carboxylic acids is 2. The van der Waals surface area contributed by atoms with Crippen molar-refractivity contribution in [3.8, 4) is 0 Å². The van der Waals surface area contributed by atoms with Crippen LogP contribution in [0.4, 0.5) is 8.78 Å². The summed E-state index contributed by atoms with van der Waals surface area (Å²) in [6.45, 7) is -0.616. The van der Waals surface area contributed by atoms with Crippen LogP contribution in [0.15, 0.2) is 36.4 Å². The van der Waals surface area contributed by atoms with Crippen LogP contribution in [0, 0.1) is 11.6 Å². The third-order valence-electron chi connectivity index (χ3n) is 3.35. The summed E-state index contributed by atoms with van der Waals surface area (Å²) in [6.07, 6.45) is 0. The highest BCUT2D eigenvalue weighted by molar-refractivity contribution is 7.21. The van der Waals surface area contributed by atoms with E-state index < -0.39 is 30.0 Å². The minimum absolute atomic E-state index is 0.0964. The van der Waals surface area contributed by atoms with E-state index in [-0.39, 0.29) is 15.5 Å². The number of benzene rings is 2. The SMILES string of the molecule is O=C(COC(=O)c1sc2cc(Cl)ccc2c1Cl)c1ccc(F)c(F)c1. The van der Waals surface area contributed by atoms with Crippen molar-refractivity contribution in [3.63, 3.8) is 0 Å². The van der Waals surface area contributed by atoms with E-state index in [2.05, 4.69) is 0 Å². The molecule has 8 heteroatoms. The van der Waals surface area contributed by atoms with Crippen LogP contribution in [0.5, 0.6) is 0 Å². The lowest BCUT2D eigenvalue weighted by molar-refractivity contribution is 0.0479. The van der Waals surface area contributed by atoms with Crippen molar-refractivity contribution in [2.45, 2.75) is 0 Å². The summed E-state index contributed by atoms with van der Waals surface area (Å²) in [5.74, 6) is -3.66. The highest BCUT2D eigenvalue weighted by atomic mass is 35.5. The van der Waals surface area contributed by atoms with Gasteiger partial charge in [0.2, 0.25) is 0 Å². The fraction of sp³-hybridized carbons (Fsp3) is 0.0588. The molecule has 0 aliphatic heterocycles. The molecule has 0 saturated carbocycles. The second kappa shape index (κ2) is 7.07. The number of halogens is 4. The van der Waals surface area contributed by atoms with Crippen molar-refractivity contribution >= 4 is 56.4 Å². The van der Waals surface area contributed by atoms with Crippen LogP contribution in [0.3, 0.4) is 0 Å². The summed E-state index contributed by atoms with van der Waals surface area (Å²) < 4.78 is 31.7. The van der Waals surface area contributed by atoms with Crippen LogP contribution in [0.25, 0.3) is 10.1 Å². The third kappa shape index (κ3) is 3.66. The lowest BCUT2D eigenvalue weighted by atomic mass is 10.1. The summed E-state index contributed by atoms with van der Waals surface area (Å²) in [5.41, 5.74) is -0.0964. The number of Topliss-reactive ketones (excluding diaryl/α,β-unsaturated/α-hetero) is 1. The van der Waals surface area contributed by atoms with Gasteiger partial charge in [0.15, 0.2) is 24.0 Å². The van der Waals surface area contributed by atoms with Crippen LogP contribution in [0.1, 0.15) is 20.0 Å². The van der Waals surface area contributed by atoms with Crippen molar-refractivity contribution < 1.29 is 23.1 Å². The van der Waals surface area contributed by atoms with Gasteiger partial charge < -0.3 is 4.74 Å². The maximum absolute atomic E-state index is 13.1. The number of ketones is 1. The molecular formula is C17H8Cl2F2O3S. The average Bonchev–Trinajstić information content (AvgIpc) is 2.91. The van der Waals surface area contributed by atoms with Crippen molar-refractivity contribution in [2.24, 2.45) is 0 Å². The van der Waals surface area contributed by atoms with Gasteiger partial charge in [-0.25, -0.2) is 13.6 Å². The van der Waals surface area contributed by atoms with Gasteiger partial charge in [-0.05, 0) is 30.3 Å². The number of ether oxygens (including phenoxy) is 1. The van der Waals surface area contributed by atoms with E-state index >= 15 is 0 Å².